The highest BCUT2D eigenvalue weighted by Gasteiger charge is 2.43. The Bertz CT molecular complexity index is 718. The molecular formula is C18H22N4O3. The van der Waals surface area contributed by atoms with Crippen molar-refractivity contribution in [1.82, 2.24) is 20.9 Å². The number of amides is 4. The highest BCUT2D eigenvalue weighted by molar-refractivity contribution is 6.07. The van der Waals surface area contributed by atoms with Gasteiger partial charge in [0.15, 0.2) is 0 Å². The van der Waals surface area contributed by atoms with Gasteiger partial charge in [-0.1, -0.05) is 12.1 Å². The third kappa shape index (κ3) is 2.59. The summed E-state index contributed by atoms with van der Waals surface area (Å²) < 4.78 is 0. The standard InChI is InChI=1S/C18H22N4O3/c1-18(16(24)20-17(25)21-18)12-4-2-11(3-5-12)15(23)22-13-6-7-14(22)10-19-9-8-13/h2-5,13-14,19H,6-10H2,1H3,(H2,20,21,24,25). The molecule has 4 rings (SSSR count). The molecule has 2 bridgehead atoms. The van der Waals surface area contributed by atoms with E-state index in [-0.39, 0.29) is 17.9 Å². The number of hydrogen-bond donors (Lipinski definition) is 3. The Hall–Kier alpha value is -2.41. The number of carbonyl (C=O) groups excluding carboxylic acids is 3. The van der Waals surface area contributed by atoms with Crippen molar-refractivity contribution >= 4 is 17.8 Å². The van der Waals surface area contributed by atoms with Crippen LogP contribution in [0, 0.1) is 0 Å². The molecule has 0 aromatic heterocycles. The zero-order chi connectivity index (χ0) is 17.6. The summed E-state index contributed by atoms with van der Waals surface area (Å²) in [5.74, 6) is -0.332. The fourth-order valence-electron chi connectivity index (χ4n) is 4.16. The van der Waals surface area contributed by atoms with Gasteiger partial charge in [-0.2, -0.15) is 0 Å². The molecule has 132 valence electrons. The zero-order valence-electron chi connectivity index (χ0n) is 14.2. The van der Waals surface area contributed by atoms with Gasteiger partial charge < -0.3 is 15.5 Å². The molecule has 3 heterocycles. The molecule has 0 aliphatic carbocycles. The summed E-state index contributed by atoms with van der Waals surface area (Å²) in [5.41, 5.74) is 0.188. The third-order valence-corrected chi connectivity index (χ3v) is 5.64. The Balaban J connectivity index is 1.57. The van der Waals surface area contributed by atoms with E-state index in [2.05, 4.69) is 16.0 Å². The molecule has 1 aromatic rings. The molecule has 3 unspecified atom stereocenters. The van der Waals surface area contributed by atoms with Crippen molar-refractivity contribution in [1.29, 1.82) is 0 Å². The fraction of sp³-hybridized carbons (Fsp3) is 0.500. The van der Waals surface area contributed by atoms with Crippen LogP contribution in [0.1, 0.15) is 42.1 Å². The van der Waals surface area contributed by atoms with E-state index in [0.717, 1.165) is 32.4 Å². The lowest BCUT2D eigenvalue weighted by Gasteiger charge is -2.28. The molecule has 1 aromatic carbocycles. The molecule has 3 aliphatic heterocycles. The van der Waals surface area contributed by atoms with Crippen molar-refractivity contribution in [2.24, 2.45) is 0 Å². The van der Waals surface area contributed by atoms with Crippen LogP contribution in [0.4, 0.5) is 4.79 Å². The van der Waals surface area contributed by atoms with Crippen LogP contribution in [0.15, 0.2) is 24.3 Å². The van der Waals surface area contributed by atoms with E-state index >= 15 is 0 Å². The van der Waals surface area contributed by atoms with Gasteiger partial charge in [0, 0.05) is 24.2 Å². The van der Waals surface area contributed by atoms with Crippen LogP contribution in [0.25, 0.3) is 0 Å². The first-order valence-electron chi connectivity index (χ1n) is 8.76. The van der Waals surface area contributed by atoms with E-state index in [1.807, 2.05) is 4.90 Å². The summed E-state index contributed by atoms with van der Waals surface area (Å²) in [6.07, 6.45) is 3.11. The third-order valence-electron chi connectivity index (χ3n) is 5.64. The maximum Gasteiger partial charge on any atom is 0.322 e. The first-order valence-corrected chi connectivity index (χ1v) is 8.76. The first-order chi connectivity index (χ1) is 12.0. The monoisotopic (exact) mass is 342 g/mol. The maximum atomic E-state index is 13.0. The van der Waals surface area contributed by atoms with Crippen LogP contribution in [0.2, 0.25) is 0 Å². The van der Waals surface area contributed by atoms with Crippen molar-refractivity contribution in [2.75, 3.05) is 13.1 Å². The van der Waals surface area contributed by atoms with Crippen molar-refractivity contribution in [3.63, 3.8) is 0 Å². The lowest BCUT2D eigenvalue weighted by atomic mass is 9.91. The lowest BCUT2D eigenvalue weighted by Crippen LogP contribution is -2.42. The predicted molar refractivity (Wildman–Crippen MR) is 90.9 cm³/mol. The molecule has 7 nitrogen and oxygen atoms in total. The summed E-state index contributed by atoms with van der Waals surface area (Å²) in [6.45, 7) is 3.46. The van der Waals surface area contributed by atoms with Crippen molar-refractivity contribution < 1.29 is 14.4 Å². The second kappa shape index (κ2) is 5.84. The lowest BCUT2D eigenvalue weighted by molar-refractivity contribution is -0.123. The molecule has 0 saturated carbocycles. The van der Waals surface area contributed by atoms with E-state index < -0.39 is 11.6 Å². The van der Waals surface area contributed by atoms with Gasteiger partial charge in [-0.05, 0) is 50.4 Å². The van der Waals surface area contributed by atoms with Crippen LogP contribution in [-0.2, 0) is 10.3 Å². The number of urea groups is 1. The SMILES string of the molecule is CC1(c2ccc(C(=O)N3C4CCNCC3CC4)cc2)NC(=O)NC1=O. The summed E-state index contributed by atoms with van der Waals surface area (Å²) >= 11 is 0. The van der Waals surface area contributed by atoms with Crippen molar-refractivity contribution in [3.8, 4) is 0 Å². The van der Waals surface area contributed by atoms with Crippen LogP contribution in [0.5, 0.6) is 0 Å². The van der Waals surface area contributed by atoms with Crippen LogP contribution in [-0.4, -0.2) is 47.9 Å². The van der Waals surface area contributed by atoms with Gasteiger partial charge in [0.05, 0.1) is 0 Å². The zero-order valence-corrected chi connectivity index (χ0v) is 14.2. The molecule has 3 fully saturated rings. The molecule has 3 atom stereocenters. The average molecular weight is 342 g/mol. The fourth-order valence-corrected chi connectivity index (χ4v) is 4.16. The Morgan fingerprint density at radius 1 is 1.12 bits per heavy atom. The smallest absolute Gasteiger partial charge is 0.322 e. The number of fused-ring (bicyclic) bond motifs is 2. The van der Waals surface area contributed by atoms with Crippen LogP contribution in [0.3, 0.4) is 0 Å². The van der Waals surface area contributed by atoms with Gasteiger partial charge >= 0.3 is 6.03 Å². The minimum atomic E-state index is -1.09. The molecule has 7 heteroatoms. The Morgan fingerprint density at radius 2 is 1.84 bits per heavy atom. The predicted octanol–water partition coefficient (Wildman–Crippen LogP) is 0.708. The Morgan fingerprint density at radius 3 is 2.52 bits per heavy atom. The average Bonchev–Trinajstić information content (AvgIpc) is 3.01. The highest BCUT2D eigenvalue weighted by Crippen LogP contribution is 2.30. The molecular weight excluding hydrogens is 320 g/mol. The van der Waals surface area contributed by atoms with Crippen LogP contribution >= 0.6 is 0 Å². The van der Waals surface area contributed by atoms with Gasteiger partial charge in [0.2, 0.25) is 0 Å². The Labute approximate surface area is 146 Å². The topological polar surface area (TPSA) is 90.5 Å². The number of hydrogen-bond acceptors (Lipinski definition) is 4. The van der Waals surface area contributed by atoms with Gasteiger partial charge in [-0.25, -0.2) is 4.79 Å². The highest BCUT2D eigenvalue weighted by atomic mass is 16.2. The van der Waals surface area contributed by atoms with E-state index in [9.17, 15) is 14.4 Å². The molecule has 3 N–H and O–H groups in total. The molecule has 0 spiro atoms. The Kier molecular flexibility index (Phi) is 3.76. The minimum Gasteiger partial charge on any atom is -0.331 e. The number of benzene rings is 1. The number of nitrogens with zero attached hydrogens (tertiary/aromatic N) is 1. The van der Waals surface area contributed by atoms with Gasteiger partial charge in [0.1, 0.15) is 5.54 Å². The summed E-state index contributed by atoms with van der Waals surface area (Å²) in [4.78, 5) is 38.5. The van der Waals surface area contributed by atoms with Gasteiger partial charge in [-0.15, -0.1) is 0 Å². The molecule has 4 amide bonds. The van der Waals surface area contributed by atoms with Crippen molar-refractivity contribution in [3.05, 3.63) is 35.4 Å². The van der Waals surface area contributed by atoms with Crippen LogP contribution < -0.4 is 16.0 Å². The number of nitrogens with one attached hydrogen (secondary N) is 3. The van der Waals surface area contributed by atoms with E-state index in [4.69, 9.17) is 0 Å². The quantitative estimate of drug-likeness (QED) is 0.691. The molecule has 25 heavy (non-hydrogen) atoms. The summed E-state index contributed by atoms with van der Waals surface area (Å²) in [7, 11) is 0. The molecule has 3 aliphatic rings. The largest absolute Gasteiger partial charge is 0.331 e. The van der Waals surface area contributed by atoms with Gasteiger partial charge in [0.25, 0.3) is 11.8 Å². The van der Waals surface area contributed by atoms with E-state index in [0.29, 0.717) is 17.2 Å². The number of imide groups is 1. The summed E-state index contributed by atoms with van der Waals surface area (Å²) in [5, 5.41) is 8.28. The molecule has 0 radical (unpaired) electrons. The van der Waals surface area contributed by atoms with Crippen molar-refractivity contribution in [2.45, 2.75) is 43.8 Å². The second-order valence-corrected chi connectivity index (χ2v) is 7.20. The second-order valence-electron chi connectivity index (χ2n) is 7.20. The first kappa shape index (κ1) is 16.1. The molecule has 3 saturated heterocycles. The maximum absolute atomic E-state index is 13.0. The van der Waals surface area contributed by atoms with E-state index in [1.54, 1.807) is 31.2 Å². The minimum absolute atomic E-state index is 0.0489. The van der Waals surface area contributed by atoms with E-state index in [1.165, 1.54) is 0 Å². The number of carbonyl (C=O) groups is 3. The number of rotatable bonds is 2. The van der Waals surface area contributed by atoms with Gasteiger partial charge in [-0.3, -0.25) is 14.9 Å². The summed E-state index contributed by atoms with van der Waals surface area (Å²) in [6, 6.07) is 7.06. The normalized spacial score (nSPS) is 31.5.